The lowest BCUT2D eigenvalue weighted by atomic mass is 9.93. The summed E-state index contributed by atoms with van der Waals surface area (Å²) >= 11 is 5.41. The van der Waals surface area contributed by atoms with Gasteiger partial charge in [-0.1, -0.05) is 24.3 Å². The first kappa shape index (κ1) is 23.5. The van der Waals surface area contributed by atoms with Gasteiger partial charge in [-0.2, -0.15) is 0 Å². The Kier molecular flexibility index (Phi) is 7.27. The number of hydrogen-bond donors (Lipinski definition) is 0. The van der Waals surface area contributed by atoms with Gasteiger partial charge in [0, 0.05) is 41.9 Å². The third-order valence-electron chi connectivity index (χ3n) is 5.52. The molecule has 0 fully saturated rings. The Balaban J connectivity index is 1.69. The fourth-order valence-electron chi connectivity index (χ4n) is 3.87. The van der Waals surface area contributed by atoms with E-state index in [1.807, 2.05) is 60.7 Å². The number of para-hydroxylation sites is 1. The molecule has 8 heteroatoms. The van der Waals surface area contributed by atoms with E-state index in [4.69, 9.17) is 45.4 Å². The molecule has 0 saturated heterocycles. The van der Waals surface area contributed by atoms with Crippen LogP contribution in [0.1, 0.15) is 17.2 Å². The molecule has 178 valence electrons. The molecule has 34 heavy (non-hydrogen) atoms. The van der Waals surface area contributed by atoms with Gasteiger partial charge in [-0.15, -0.1) is 0 Å². The normalized spacial score (nSPS) is 16.5. The average molecular weight is 483 g/mol. The van der Waals surface area contributed by atoms with Crippen LogP contribution in [0.3, 0.4) is 0 Å². The Hall–Kier alpha value is -3.65. The van der Waals surface area contributed by atoms with Gasteiger partial charge in [0.25, 0.3) is 0 Å². The van der Waals surface area contributed by atoms with Crippen molar-refractivity contribution >= 4 is 17.5 Å². The minimum absolute atomic E-state index is 0.00112. The van der Waals surface area contributed by atoms with E-state index in [0.29, 0.717) is 40.9 Å². The van der Waals surface area contributed by atoms with Gasteiger partial charge in [0.15, 0.2) is 17.6 Å². The largest absolute Gasteiger partial charge is 0.496 e. The van der Waals surface area contributed by atoms with Crippen LogP contribution in [0.25, 0.3) is 0 Å². The number of thiocarbonyl (C=S) groups is 1. The first-order valence-corrected chi connectivity index (χ1v) is 11.0. The van der Waals surface area contributed by atoms with Crippen LogP contribution in [-0.2, 0) is 11.2 Å². The van der Waals surface area contributed by atoms with E-state index < -0.39 is 12.2 Å². The lowest BCUT2D eigenvalue weighted by Gasteiger charge is -2.34. The quantitative estimate of drug-likeness (QED) is 0.429. The number of hydrogen-bond acceptors (Lipinski definition) is 8. The van der Waals surface area contributed by atoms with Gasteiger partial charge in [-0.3, -0.25) is 0 Å². The Morgan fingerprint density at radius 2 is 1.53 bits per heavy atom. The Labute approximate surface area is 204 Å². The molecule has 0 unspecified atom stereocenters. The predicted molar refractivity (Wildman–Crippen MR) is 131 cm³/mol. The summed E-state index contributed by atoms with van der Waals surface area (Å²) in [4.78, 5) is 0. The van der Waals surface area contributed by atoms with E-state index in [-0.39, 0.29) is 5.24 Å². The van der Waals surface area contributed by atoms with Crippen LogP contribution < -0.4 is 28.4 Å². The number of methoxy groups -OCH3 is 4. The molecule has 1 aliphatic heterocycles. The molecule has 3 aromatic rings. The molecule has 0 saturated carbocycles. The first-order chi connectivity index (χ1) is 16.6. The maximum atomic E-state index is 6.44. The zero-order valence-electron chi connectivity index (χ0n) is 19.4. The molecule has 0 spiro atoms. The minimum Gasteiger partial charge on any atom is -0.496 e. The summed E-state index contributed by atoms with van der Waals surface area (Å²) in [7, 11) is 6.38. The molecule has 0 amide bonds. The fourth-order valence-corrected chi connectivity index (χ4v) is 4.09. The Morgan fingerprint density at radius 3 is 2.21 bits per heavy atom. The Bertz CT molecular complexity index is 1150. The van der Waals surface area contributed by atoms with Gasteiger partial charge in [0.1, 0.15) is 29.1 Å². The second kappa shape index (κ2) is 10.5. The molecule has 0 radical (unpaired) electrons. The maximum absolute atomic E-state index is 6.44. The number of ether oxygens (including phenoxy) is 7. The van der Waals surface area contributed by atoms with Crippen molar-refractivity contribution in [3.05, 3.63) is 71.8 Å². The van der Waals surface area contributed by atoms with Gasteiger partial charge in [0.2, 0.25) is 0 Å². The van der Waals surface area contributed by atoms with Crippen molar-refractivity contribution in [2.45, 2.75) is 18.6 Å². The summed E-state index contributed by atoms with van der Waals surface area (Å²) in [5, 5.41) is 0.00112. The highest BCUT2D eigenvalue weighted by Crippen LogP contribution is 2.44. The van der Waals surface area contributed by atoms with Crippen molar-refractivity contribution in [3.63, 3.8) is 0 Å². The predicted octanol–water partition coefficient (Wildman–Crippen LogP) is 5.15. The van der Waals surface area contributed by atoms with Crippen LogP contribution in [0.5, 0.6) is 34.5 Å². The summed E-state index contributed by atoms with van der Waals surface area (Å²) in [6.07, 6.45) is -0.537. The van der Waals surface area contributed by atoms with E-state index >= 15 is 0 Å². The highest BCUT2D eigenvalue weighted by molar-refractivity contribution is 7.79. The van der Waals surface area contributed by atoms with Crippen molar-refractivity contribution in [1.29, 1.82) is 0 Å². The van der Waals surface area contributed by atoms with Crippen molar-refractivity contribution < 1.29 is 33.2 Å². The van der Waals surface area contributed by atoms with Crippen molar-refractivity contribution in [2.75, 3.05) is 28.4 Å². The van der Waals surface area contributed by atoms with Crippen LogP contribution in [0.4, 0.5) is 0 Å². The van der Waals surface area contributed by atoms with E-state index in [0.717, 1.165) is 11.1 Å². The average Bonchev–Trinajstić information content (AvgIpc) is 2.87. The highest BCUT2D eigenvalue weighted by atomic mass is 32.1. The molecular weight excluding hydrogens is 456 g/mol. The summed E-state index contributed by atoms with van der Waals surface area (Å²) in [6.45, 7) is 0. The number of rotatable bonds is 7. The van der Waals surface area contributed by atoms with Crippen LogP contribution >= 0.6 is 12.2 Å². The second-order valence-corrected chi connectivity index (χ2v) is 7.82. The number of benzene rings is 3. The molecule has 7 nitrogen and oxygen atoms in total. The van der Waals surface area contributed by atoms with Gasteiger partial charge in [-0.05, 0) is 24.3 Å². The zero-order chi connectivity index (χ0) is 24.1. The molecule has 0 N–H and O–H groups in total. The first-order valence-electron chi connectivity index (χ1n) is 10.6. The third-order valence-corrected chi connectivity index (χ3v) is 5.70. The lowest BCUT2D eigenvalue weighted by molar-refractivity contribution is 0.0187. The zero-order valence-corrected chi connectivity index (χ0v) is 20.2. The van der Waals surface area contributed by atoms with Crippen molar-refractivity contribution in [2.24, 2.45) is 0 Å². The molecule has 4 rings (SSSR count). The third kappa shape index (κ3) is 4.97. The summed E-state index contributed by atoms with van der Waals surface area (Å²) < 4.78 is 40.2. The monoisotopic (exact) mass is 482 g/mol. The summed E-state index contributed by atoms with van der Waals surface area (Å²) in [5.41, 5.74) is 1.69. The summed E-state index contributed by atoms with van der Waals surface area (Å²) in [6, 6.07) is 18.5. The molecule has 3 aromatic carbocycles. The van der Waals surface area contributed by atoms with Crippen LogP contribution in [0.2, 0.25) is 0 Å². The van der Waals surface area contributed by atoms with Gasteiger partial charge in [0.05, 0.1) is 28.4 Å². The van der Waals surface area contributed by atoms with E-state index in [1.54, 1.807) is 28.4 Å². The SMILES string of the molecule is COc1cc(OC)c2c(c1)O[C@@H](c1ccc(OC)c(OC)c1)[C@@H](OC(=S)Oc1ccccc1)C2. The standard InChI is InChI=1S/C26H26O7S/c1-27-18-13-21(29-3)19-15-24(33-26(34)31-17-8-6-5-7-9-17)25(32-22(19)14-18)16-10-11-20(28-2)23(12-16)30-4/h5-14,24-25H,15H2,1-4H3/t24-,25-/m0/s1. The summed E-state index contributed by atoms with van der Waals surface area (Å²) in [5.74, 6) is 3.71. The minimum atomic E-state index is -0.513. The van der Waals surface area contributed by atoms with Gasteiger partial charge < -0.3 is 33.2 Å². The number of fused-ring (bicyclic) bond motifs is 1. The van der Waals surface area contributed by atoms with Crippen LogP contribution in [0, 0.1) is 0 Å². The maximum Gasteiger partial charge on any atom is 0.358 e. The molecule has 1 heterocycles. The molecule has 0 aromatic heterocycles. The van der Waals surface area contributed by atoms with Gasteiger partial charge >= 0.3 is 5.24 Å². The second-order valence-electron chi connectivity index (χ2n) is 7.48. The molecular formula is C26H26O7S. The lowest BCUT2D eigenvalue weighted by Crippen LogP contribution is -2.35. The van der Waals surface area contributed by atoms with E-state index in [9.17, 15) is 0 Å². The molecule has 1 aliphatic rings. The molecule has 2 atom stereocenters. The molecule has 0 bridgehead atoms. The smallest absolute Gasteiger partial charge is 0.358 e. The Morgan fingerprint density at radius 1 is 0.794 bits per heavy atom. The van der Waals surface area contributed by atoms with Crippen molar-refractivity contribution in [3.8, 4) is 34.5 Å². The van der Waals surface area contributed by atoms with Gasteiger partial charge in [-0.25, -0.2) is 0 Å². The van der Waals surface area contributed by atoms with E-state index in [2.05, 4.69) is 0 Å². The topological polar surface area (TPSA) is 64.6 Å². The fraction of sp³-hybridized carbons (Fsp3) is 0.269. The van der Waals surface area contributed by atoms with Crippen molar-refractivity contribution in [1.82, 2.24) is 0 Å². The van der Waals surface area contributed by atoms with Crippen LogP contribution in [-0.4, -0.2) is 39.8 Å². The van der Waals surface area contributed by atoms with E-state index in [1.165, 1.54) is 0 Å². The highest BCUT2D eigenvalue weighted by Gasteiger charge is 2.36. The molecule has 0 aliphatic carbocycles. The van der Waals surface area contributed by atoms with Crippen LogP contribution in [0.15, 0.2) is 60.7 Å².